The highest BCUT2D eigenvalue weighted by Crippen LogP contribution is 2.49. The molecule has 0 aliphatic carbocycles. The molecular weight excluding hydrogens is 380 g/mol. The van der Waals surface area contributed by atoms with Gasteiger partial charge in [0, 0.05) is 11.3 Å². The van der Waals surface area contributed by atoms with Gasteiger partial charge in [-0.25, -0.2) is 8.42 Å². The maximum Gasteiger partial charge on any atom is 0.179 e. The highest BCUT2D eigenvalue weighted by Gasteiger charge is 2.49. The number of sulfone groups is 1. The molecule has 2 aromatic rings. The first-order valence-corrected chi connectivity index (χ1v) is 12.6. The molecule has 1 aliphatic heterocycles. The maximum atomic E-state index is 13.6. The second-order valence-electron chi connectivity index (χ2n) is 8.70. The van der Waals surface area contributed by atoms with Gasteiger partial charge in [-0.15, -0.1) is 0 Å². The number of aryl methyl sites for hydroxylation is 1. The van der Waals surface area contributed by atoms with Crippen molar-refractivity contribution in [2.24, 2.45) is 5.41 Å². The molecule has 0 saturated heterocycles. The fourth-order valence-corrected chi connectivity index (χ4v) is 7.10. The van der Waals surface area contributed by atoms with Crippen molar-refractivity contribution < 1.29 is 13.5 Å². The van der Waals surface area contributed by atoms with Gasteiger partial charge in [-0.1, -0.05) is 87.6 Å². The number of fused-ring (bicyclic) bond motifs is 1. The standard InChI is InChI=1S/C25H34O3S/c1-4-6-15-25(16-7-5-2)18-29(27,28)22-14-13-19(3)17-21(22)23(24(25)26)20-11-9-8-10-12-20/h8-14,17,23-24,26H,4-7,15-16,18H2,1-3H3/t23-,24-/m1/s1. The molecule has 4 heteroatoms. The topological polar surface area (TPSA) is 54.4 Å². The first-order chi connectivity index (χ1) is 13.8. The van der Waals surface area contributed by atoms with Gasteiger partial charge in [0.1, 0.15) is 0 Å². The van der Waals surface area contributed by atoms with E-state index in [4.69, 9.17) is 0 Å². The molecule has 2 aromatic carbocycles. The van der Waals surface area contributed by atoms with Crippen LogP contribution in [0.3, 0.4) is 0 Å². The molecule has 0 amide bonds. The highest BCUT2D eigenvalue weighted by atomic mass is 32.2. The lowest BCUT2D eigenvalue weighted by molar-refractivity contribution is 0.0127. The average Bonchev–Trinajstić information content (AvgIpc) is 2.77. The minimum Gasteiger partial charge on any atom is -0.392 e. The van der Waals surface area contributed by atoms with Crippen molar-refractivity contribution >= 4 is 9.84 Å². The van der Waals surface area contributed by atoms with E-state index in [-0.39, 0.29) is 11.7 Å². The van der Waals surface area contributed by atoms with Crippen LogP contribution in [0.4, 0.5) is 0 Å². The number of rotatable bonds is 7. The Morgan fingerprint density at radius 3 is 2.21 bits per heavy atom. The first kappa shape index (κ1) is 22.0. The fourth-order valence-electron chi connectivity index (χ4n) is 4.90. The SMILES string of the molecule is CCCCC1(CCCC)CS(=O)(=O)c2ccc(C)cc2[C@@H](c2ccccc2)[C@H]1O. The molecule has 0 radical (unpaired) electrons. The molecular formula is C25H34O3S. The van der Waals surface area contributed by atoms with Gasteiger partial charge in [0.2, 0.25) is 0 Å². The summed E-state index contributed by atoms with van der Waals surface area (Å²) in [5, 5.41) is 11.9. The summed E-state index contributed by atoms with van der Waals surface area (Å²) in [5.74, 6) is -0.308. The molecule has 1 N–H and O–H groups in total. The number of benzene rings is 2. The van der Waals surface area contributed by atoms with Crippen LogP contribution in [-0.2, 0) is 9.84 Å². The normalized spacial score (nSPS) is 22.6. The average molecular weight is 415 g/mol. The van der Waals surface area contributed by atoms with Crippen LogP contribution in [0.15, 0.2) is 53.4 Å². The van der Waals surface area contributed by atoms with Crippen molar-refractivity contribution in [2.45, 2.75) is 76.2 Å². The molecule has 158 valence electrons. The molecule has 3 nitrogen and oxygen atoms in total. The molecule has 1 heterocycles. The monoisotopic (exact) mass is 414 g/mol. The summed E-state index contributed by atoms with van der Waals surface area (Å²) in [6.45, 7) is 6.23. The van der Waals surface area contributed by atoms with Crippen molar-refractivity contribution in [3.63, 3.8) is 0 Å². The Hall–Kier alpha value is -1.65. The van der Waals surface area contributed by atoms with Crippen LogP contribution in [0.2, 0.25) is 0 Å². The van der Waals surface area contributed by atoms with Gasteiger partial charge < -0.3 is 5.11 Å². The smallest absolute Gasteiger partial charge is 0.179 e. The van der Waals surface area contributed by atoms with E-state index in [9.17, 15) is 13.5 Å². The Balaban J connectivity index is 2.26. The summed E-state index contributed by atoms with van der Waals surface area (Å²) >= 11 is 0. The lowest BCUT2D eigenvalue weighted by Crippen LogP contribution is -2.43. The zero-order chi connectivity index (χ0) is 21.1. The predicted octanol–water partition coefficient (Wildman–Crippen LogP) is 5.64. The van der Waals surface area contributed by atoms with E-state index in [2.05, 4.69) is 13.8 Å². The van der Waals surface area contributed by atoms with Crippen molar-refractivity contribution in [3.05, 3.63) is 65.2 Å². The van der Waals surface area contributed by atoms with E-state index in [1.165, 1.54) is 0 Å². The molecule has 0 saturated carbocycles. The molecule has 1 aliphatic rings. The quantitative estimate of drug-likeness (QED) is 0.638. The van der Waals surface area contributed by atoms with Crippen LogP contribution in [0.5, 0.6) is 0 Å². The third kappa shape index (κ3) is 4.44. The number of aliphatic hydroxyl groups excluding tert-OH is 1. The molecule has 2 atom stereocenters. The zero-order valence-corrected chi connectivity index (χ0v) is 18.7. The van der Waals surface area contributed by atoms with Gasteiger partial charge in [-0.2, -0.15) is 0 Å². The first-order valence-electron chi connectivity index (χ1n) is 10.9. The summed E-state index contributed by atoms with van der Waals surface area (Å²) in [5.41, 5.74) is 2.12. The Labute approximate surface area is 176 Å². The van der Waals surface area contributed by atoms with Gasteiger partial charge in [-0.05, 0) is 37.0 Å². The Kier molecular flexibility index (Phi) is 6.85. The van der Waals surface area contributed by atoms with Crippen LogP contribution >= 0.6 is 0 Å². The summed E-state index contributed by atoms with van der Waals surface area (Å²) < 4.78 is 27.1. The van der Waals surface area contributed by atoms with Gasteiger partial charge in [-0.3, -0.25) is 0 Å². The second kappa shape index (κ2) is 9.01. The van der Waals surface area contributed by atoms with Gasteiger partial charge in [0.05, 0.1) is 16.8 Å². The molecule has 0 unspecified atom stereocenters. The van der Waals surface area contributed by atoms with E-state index in [1.807, 2.05) is 49.4 Å². The van der Waals surface area contributed by atoms with Crippen LogP contribution in [0.1, 0.15) is 75.0 Å². The van der Waals surface area contributed by atoms with Crippen molar-refractivity contribution in [2.75, 3.05) is 5.75 Å². The van der Waals surface area contributed by atoms with E-state index in [0.29, 0.717) is 4.90 Å². The molecule has 29 heavy (non-hydrogen) atoms. The van der Waals surface area contributed by atoms with E-state index in [0.717, 1.165) is 55.2 Å². The molecule has 0 bridgehead atoms. The number of aliphatic hydroxyl groups is 1. The minimum atomic E-state index is -3.50. The van der Waals surface area contributed by atoms with Gasteiger partial charge in [0.15, 0.2) is 9.84 Å². The molecule has 0 fully saturated rings. The van der Waals surface area contributed by atoms with Crippen molar-refractivity contribution in [1.82, 2.24) is 0 Å². The number of unbranched alkanes of at least 4 members (excludes halogenated alkanes) is 2. The number of hydrogen-bond acceptors (Lipinski definition) is 3. The molecule has 0 spiro atoms. The largest absolute Gasteiger partial charge is 0.392 e. The van der Waals surface area contributed by atoms with Crippen LogP contribution in [-0.4, -0.2) is 25.4 Å². The summed E-state index contributed by atoms with van der Waals surface area (Å²) in [6.07, 6.45) is 4.56. The number of hydrogen-bond donors (Lipinski definition) is 1. The predicted molar refractivity (Wildman–Crippen MR) is 119 cm³/mol. The fraction of sp³-hybridized carbons (Fsp3) is 0.520. The molecule has 0 aromatic heterocycles. The van der Waals surface area contributed by atoms with Crippen molar-refractivity contribution in [1.29, 1.82) is 0 Å². The minimum absolute atomic E-state index is 0.0283. The lowest BCUT2D eigenvalue weighted by Gasteiger charge is -2.40. The Morgan fingerprint density at radius 2 is 1.62 bits per heavy atom. The summed E-state index contributed by atoms with van der Waals surface area (Å²) in [7, 11) is -3.50. The van der Waals surface area contributed by atoms with Gasteiger partial charge >= 0.3 is 0 Å². The third-order valence-corrected chi connectivity index (χ3v) is 8.47. The Morgan fingerprint density at radius 1 is 1.00 bits per heavy atom. The van der Waals surface area contributed by atoms with Crippen LogP contribution in [0, 0.1) is 12.3 Å². The molecule has 3 rings (SSSR count). The zero-order valence-electron chi connectivity index (χ0n) is 17.9. The third-order valence-electron chi connectivity index (χ3n) is 6.47. The highest BCUT2D eigenvalue weighted by molar-refractivity contribution is 7.91. The van der Waals surface area contributed by atoms with E-state index >= 15 is 0 Å². The van der Waals surface area contributed by atoms with Crippen LogP contribution in [0.25, 0.3) is 0 Å². The van der Waals surface area contributed by atoms with Crippen LogP contribution < -0.4 is 0 Å². The van der Waals surface area contributed by atoms with Gasteiger partial charge in [0.25, 0.3) is 0 Å². The van der Waals surface area contributed by atoms with E-state index in [1.54, 1.807) is 6.07 Å². The Bertz CT molecular complexity index is 910. The van der Waals surface area contributed by atoms with Crippen molar-refractivity contribution in [3.8, 4) is 0 Å². The maximum absolute atomic E-state index is 13.6. The second-order valence-corrected chi connectivity index (χ2v) is 10.7. The lowest BCUT2D eigenvalue weighted by atomic mass is 9.68. The summed E-state index contributed by atoms with van der Waals surface area (Å²) in [6, 6.07) is 15.5. The summed E-state index contributed by atoms with van der Waals surface area (Å²) in [4.78, 5) is 0.394. The van der Waals surface area contributed by atoms with E-state index < -0.39 is 21.4 Å².